The van der Waals surface area contributed by atoms with Crippen molar-refractivity contribution in [3.05, 3.63) is 16.6 Å². The molecule has 0 bridgehead atoms. The number of hydrogen-bond donors (Lipinski definition) is 1. The lowest BCUT2D eigenvalue weighted by atomic mass is 10.3. The third-order valence-electron chi connectivity index (χ3n) is 1.04. The summed E-state index contributed by atoms with van der Waals surface area (Å²) < 4.78 is 35.2. The highest BCUT2D eigenvalue weighted by atomic mass is 32.1. The molecule has 0 aromatic carbocycles. The molecule has 0 radical (unpaired) electrons. The second kappa shape index (κ2) is 2.78. The van der Waals surface area contributed by atoms with Crippen LogP contribution in [0, 0.1) is 0 Å². The molecule has 1 aromatic heterocycles. The SMILES string of the molecule is O[C@H](c1cscn1)C(F)(F)F. The smallest absolute Gasteiger partial charge is 0.378 e. The molecule has 0 aliphatic carbocycles. The van der Waals surface area contributed by atoms with E-state index in [0.717, 1.165) is 16.7 Å². The molecule has 0 unspecified atom stereocenters. The molecule has 0 fully saturated rings. The molecular weight excluding hydrogens is 179 g/mol. The van der Waals surface area contributed by atoms with Crippen LogP contribution in [-0.4, -0.2) is 16.3 Å². The van der Waals surface area contributed by atoms with Crippen molar-refractivity contribution in [2.45, 2.75) is 12.3 Å². The standard InChI is InChI=1S/C5H4F3NOS/c6-5(7,8)4(10)3-1-11-2-9-3/h1-2,4,10H/t4-/m1/s1. The van der Waals surface area contributed by atoms with Crippen molar-refractivity contribution in [2.75, 3.05) is 0 Å². The maximum absolute atomic E-state index is 11.7. The molecule has 1 aromatic rings. The predicted octanol–water partition coefficient (Wildman–Crippen LogP) is 1.74. The highest BCUT2D eigenvalue weighted by molar-refractivity contribution is 7.07. The van der Waals surface area contributed by atoms with Crippen LogP contribution in [0.2, 0.25) is 0 Å². The summed E-state index contributed by atoms with van der Waals surface area (Å²) in [6.45, 7) is 0. The zero-order valence-electron chi connectivity index (χ0n) is 5.17. The summed E-state index contributed by atoms with van der Waals surface area (Å²) in [6, 6.07) is 0. The minimum Gasteiger partial charge on any atom is -0.378 e. The van der Waals surface area contributed by atoms with Gasteiger partial charge in [-0.25, -0.2) is 4.98 Å². The Morgan fingerprint density at radius 1 is 1.55 bits per heavy atom. The van der Waals surface area contributed by atoms with Crippen LogP contribution in [0.1, 0.15) is 11.8 Å². The Kier molecular flexibility index (Phi) is 2.15. The van der Waals surface area contributed by atoms with Gasteiger partial charge in [0, 0.05) is 5.38 Å². The molecule has 0 saturated heterocycles. The first-order chi connectivity index (χ1) is 5.02. The number of aliphatic hydroxyl groups excluding tert-OH is 1. The number of nitrogens with zero attached hydrogens (tertiary/aromatic N) is 1. The Hall–Kier alpha value is -0.620. The average molecular weight is 183 g/mol. The van der Waals surface area contributed by atoms with Crippen LogP contribution in [0.5, 0.6) is 0 Å². The van der Waals surface area contributed by atoms with Gasteiger partial charge in [0.15, 0.2) is 6.10 Å². The number of aliphatic hydroxyl groups is 1. The van der Waals surface area contributed by atoms with Gasteiger partial charge in [-0.05, 0) is 0 Å². The predicted molar refractivity (Wildman–Crippen MR) is 33.1 cm³/mol. The van der Waals surface area contributed by atoms with Gasteiger partial charge in [-0.1, -0.05) is 0 Å². The number of hydrogen-bond acceptors (Lipinski definition) is 3. The molecular formula is C5H4F3NOS. The van der Waals surface area contributed by atoms with Gasteiger partial charge in [0.05, 0.1) is 11.2 Å². The Labute approximate surface area is 64.3 Å². The maximum atomic E-state index is 11.7. The minimum atomic E-state index is -4.62. The van der Waals surface area contributed by atoms with Crippen molar-refractivity contribution in [2.24, 2.45) is 0 Å². The fraction of sp³-hybridized carbons (Fsp3) is 0.400. The lowest BCUT2D eigenvalue weighted by Gasteiger charge is -2.10. The van der Waals surface area contributed by atoms with Crippen molar-refractivity contribution in [1.82, 2.24) is 4.98 Å². The van der Waals surface area contributed by atoms with Gasteiger partial charge in [-0.15, -0.1) is 11.3 Å². The van der Waals surface area contributed by atoms with Gasteiger partial charge in [-0.2, -0.15) is 13.2 Å². The quantitative estimate of drug-likeness (QED) is 0.719. The normalized spacial score (nSPS) is 14.9. The largest absolute Gasteiger partial charge is 0.420 e. The first-order valence-electron chi connectivity index (χ1n) is 2.64. The van der Waals surface area contributed by atoms with Crippen molar-refractivity contribution in [1.29, 1.82) is 0 Å². The third-order valence-corrected chi connectivity index (χ3v) is 1.65. The van der Waals surface area contributed by atoms with Crippen LogP contribution in [0.25, 0.3) is 0 Å². The van der Waals surface area contributed by atoms with Crippen LogP contribution < -0.4 is 0 Å². The Balaban J connectivity index is 2.78. The molecule has 0 saturated carbocycles. The van der Waals surface area contributed by atoms with Crippen LogP contribution in [0.15, 0.2) is 10.9 Å². The lowest BCUT2D eigenvalue weighted by Crippen LogP contribution is -2.20. The van der Waals surface area contributed by atoms with Gasteiger partial charge in [0.1, 0.15) is 0 Å². The number of halogens is 3. The van der Waals surface area contributed by atoms with E-state index in [2.05, 4.69) is 4.98 Å². The van der Waals surface area contributed by atoms with Crippen LogP contribution >= 0.6 is 11.3 Å². The van der Waals surface area contributed by atoms with Crippen molar-refractivity contribution < 1.29 is 18.3 Å². The van der Waals surface area contributed by atoms with Gasteiger partial charge >= 0.3 is 6.18 Å². The van der Waals surface area contributed by atoms with Gasteiger partial charge in [0.2, 0.25) is 0 Å². The topological polar surface area (TPSA) is 33.1 Å². The molecule has 0 aliphatic rings. The summed E-state index contributed by atoms with van der Waals surface area (Å²) in [5.41, 5.74) is 0.895. The minimum absolute atomic E-state index is 0.345. The zero-order chi connectivity index (χ0) is 8.48. The molecule has 1 atom stereocenters. The lowest BCUT2D eigenvalue weighted by molar-refractivity contribution is -0.207. The van der Waals surface area contributed by atoms with Crippen molar-refractivity contribution in [3.63, 3.8) is 0 Å². The summed E-state index contributed by atoms with van der Waals surface area (Å²) in [7, 11) is 0. The molecule has 11 heavy (non-hydrogen) atoms. The van der Waals surface area contributed by atoms with Gasteiger partial charge in [-0.3, -0.25) is 0 Å². The van der Waals surface area contributed by atoms with E-state index in [4.69, 9.17) is 5.11 Å². The summed E-state index contributed by atoms with van der Waals surface area (Å²) in [5, 5.41) is 9.73. The van der Waals surface area contributed by atoms with Crippen LogP contribution in [0.4, 0.5) is 13.2 Å². The third kappa shape index (κ3) is 1.90. The highest BCUT2D eigenvalue weighted by Crippen LogP contribution is 2.31. The molecule has 1 rings (SSSR count). The van der Waals surface area contributed by atoms with E-state index in [-0.39, 0.29) is 5.69 Å². The molecule has 0 amide bonds. The molecule has 1 heterocycles. The Morgan fingerprint density at radius 2 is 2.18 bits per heavy atom. The average Bonchev–Trinajstić information content (AvgIpc) is 2.34. The van der Waals surface area contributed by atoms with E-state index in [0.29, 0.717) is 0 Å². The van der Waals surface area contributed by atoms with Crippen LogP contribution in [0.3, 0.4) is 0 Å². The van der Waals surface area contributed by atoms with E-state index in [1.54, 1.807) is 0 Å². The fourth-order valence-corrected chi connectivity index (χ4v) is 1.10. The first-order valence-corrected chi connectivity index (χ1v) is 3.59. The summed E-state index contributed by atoms with van der Waals surface area (Å²) in [5.74, 6) is 0. The molecule has 6 heteroatoms. The zero-order valence-corrected chi connectivity index (χ0v) is 5.99. The number of aromatic nitrogens is 1. The monoisotopic (exact) mass is 183 g/mol. The number of rotatable bonds is 1. The van der Waals surface area contributed by atoms with E-state index >= 15 is 0 Å². The van der Waals surface area contributed by atoms with Gasteiger partial charge < -0.3 is 5.11 Å². The number of alkyl halides is 3. The molecule has 2 nitrogen and oxygen atoms in total. The van der Waals surface area contributed by atoms with E-state index in [1.807, 2.05) is 0 Å². The van der Waals surface area contributed by atoms with Gasteiger partial charge in [0.25, 0.3) is 0 Å². The van der Waals surface area contributed by atoms with Crippen LogP contribution in [-0.2, 0) is 0 Å². The second-order valence-electron chi connectivity index (χ2n) is 1.86. The highest BCUT2D eigenvalue weighted by Gasteiger charge is 2.40. The Bertz CT molecular complexity index is 220. The van der Waals surface area contributed by atoms with E-state index < -0.39 is 12.3 Å². The van der Waals surface area contributed by atoms with E-state index in [1.165, 1.54) is 5.51 Å². The Morgan fingerprint density at radius 3 is 2.55 bits per heavy atom. The summed E-state index contributed by atoms with van der Waals surface area (Å²) >= 11 is 1.01. The number of thiazole rings is 1. The molecule has 0 aliphatic heterocycles. The molecule has 62 valence electrons. The fourth-order valence-electron chi connectivity index (χ4n) is 0.525. The second-order valence-corrected chi connectivity index (χ2v) is 2.58. The van der Waals surface area contributed by atoms with Crippen molar-refractivity contribution in [3.8, 4) is 0 Å². The molecule has 1 N–H and O–H groups in total. The summed E-state index contributed by atoms with van der Waals surface area (Å²) in [4.78, 5) is 3.33. The first kappa shape index (κ1) is 8.48. The maximum Gasteiger partial charge on any atom is 0.420 e. The molecule has 0 spiro atoms. The van der Waals surface area contributed by atoms with E-state index in [9.17, 15) is 13.2 Å². The summed E-state index contributed by atoms with van der Waals surface area (Å²) in [6.07, 6.45) is -7.07. The van der Waals surface area contributed by atoms with Crippen molar-refractivity contribution >= 4 is 11.3 Å².